The van der Waals surface area contributed by atoms with Gasteiger partial charge in [-0.25, -0.2) is 0 Å². The van der Waals surface area contributed by atoms with E-state index in [2.05, 4.69) is 12.2 Å². The second-order valence-corrected chi connectivity index (χ2v) is 3.96. The second-order valence-electron chi connectivity index (χ2n) is 3.96. The third-order valence-corrected chi connectivity index (χ3v) is 2.64. The Bertz CT molecular complexity index is 355. The van der Waals surface area contributed by atoms with Gasteiger partial charge < -0.3 is 20.5 Å². The Morgan fingerprint density at radius 3 is 3.00 bits per heavy atom. The van der Waals surface area contributed by atoms with Crippen molar-refractivity contribution >= 4 is 0 Å². The lowest BCUT2D eigenvalue weighted by Crippen LogP contribution is -2.32. The molecule has 1 aliphatic rings. The number of para-hydroxylation sites is 1. The predicted molar refractivity (Wildman–Crippen MR) is 62.8 cm³/mol. The molecule has 1 heterocycles. The zero-order valence-corrected chi connectivity index (χ0v) is 9.53. The van der Waals surface area contributed by atoms with Gasteiger partial charge in [0.25, 0.3) is 0 Å². The molecule has 0 amide bonds. The van der Waals surface area contributed by atoms with Crippen LogP contribution in [-0.4, -0.2) is 25.8 Å². The van der Waals surface area contributed by atoms with E-state index in [1.807, 2.05) is 18.2 Å². The lowest BCUT2D eigenvalue weighted by Gasteiger charge is -2.21. The van der Waals surface area contributed by atoms with Gasteiger partial charge in [0.1, 0.15) is 13.2 Å². The van der Waals surface area contributed by atoms with Crippen LogP contribution in [0.15, 0.2) is 18.2 Å². The maximum Gasteiger partial charge on any atom is 0.165 e. The summed E-state index contributed by atoms with van der Waals surface area (Å²) in [6.07, 6.45) is 0. The Labute approximate surface area is 95.7 Å². The molecule has 4 nitrogen and oxygen atoms in total. The lowest BCUT2D eigenvalue weighted by atomic mass is 10.1. The number of benzene rings is 1. The summed E-state index contributed by atoms with van der Waals surface area (Å²) >= 11 is 0. The molecule has 0 saturated carbocycles. The van der Waals surface area contributed by atoms with Crippen molar-refractivity contribution in [3.8, 4) is 11.5 Å². The van der Waals surface area contributed by atoms with Crippen molar-refractivity contribution in [3.63, 3.8) is 0 Å². The van der Waals surface area contributed by atoms with Crippen molar-refractivity contribution in [2.75, 3.05) is 19.8 Å². The zero-order chi connectivity index (χ0) is 11.4. The van der Waals surface area contributed by atoms with E-state index in [9.17, 15) is 0 Å². The Morgan fingerprint density at radius 1 is 1.38 bits per heavy atom. The van der Waals surface area contributed by atoms with Gasteiger partial charge in [0, 0.05) is 24.7 Å². The summed E-state index contributed by atoms with van der Waals surface area (Å²) in [6, 6.07) is 6.27. The topological polar surface area (TPSA) is 56.5 Å². The first-order valence-electron chi connectivity index (χ1n) is 5.62. The molecule has 1 atom stereocenters. The van der Waals surface area contributed by atoms with E-state index in [1.165, 1.54) is 0 Å². The van der Waals surface area contributed by atoms with Crippen LogP contribution in [0.5, 0.6) is 11.5 Å². The largest absolute Gasteiger partial charge is 0.486 e. The van der Waals surface area contributed by atoms with Crippen LogP contribution in [0.25, 0.3) is 0 Å². The average molecular weight is 222 g/mol. The monoisotopic (exact) mass is 222 g/mol. The van der Waals surface area contributed by atoms with Gasteiger partial charge in [0.15, 0.2) is 11.5 Å². The van der Waals surface area contributed by atoms with E-state index in [0.29, 0.717) is 25.8 Å². The highest BCUT2D eigenvalue weighted by atomic mass is 16.6. The van der Waals surface area contributed by atoms with Crippen LogP contribution in [0.3, 0.4) is 0 Å². The number of fused-ring (bicyclic) bond motifs is 1. The summed E-state index contributed by atoms with van der Waals surface area (Å²) in [7, 11) is 0. The molecule has 0 radical (unpaired) electrons. The quantitative estimate of drug-likeness (QED) is 0.794. The highest BCUT2D eigenvalue weighted by Crippen LogP contribution is 2.33. The van der Waals surface area contributed by atoms with E-state index in [4.69, 9.17) is 15.2 Å². The molecule has 0 aliphatic carbocycles. The fourth-order valence-electron chi connectivity index (χ4n) is 1.64. The molecule has 2 rings (SSSR count). The molecular formula is C12H18N2O2. The fourth-order valence-corrected chi connectivity index (χ4v) is 1.64. The smallest absolute Gasteiger partial charge is 0.165 e. The third-order valence-electron chi connectivity index (χ3n) is 2.64. The van der Waals surface area contributed by atoms with Crippen molar-refractivity contribution in [2.24, 2.45) is 5.73 Å². The molecule has 1 unspecified atom stereocenters. The van der Waals surface area contributed by atoms with Gasteiger partial charge in [-0.2, -0.15) is 0 Å². The molecule has 1 aliphatic heterocycles. The molecule has 1 aromatic rings. The van der Waals surface area contributed by atoms with E-state index in [1.54, 1.807) is 0 Å². The second kappa shape index (κ2) is 5.18. The summed E-state index contributed by atoms with van der Waals surface area (Å²) < 4.78 is 11.1. The SMILES string of the molecule is CC(CN)NCc1cccc2c1OCCO2. The minimum atomic E-state index is 0.306. The van der Waals surface area contributed by atoms with Crippen LogP contribution in [0.1, 0.15) is 12.5 Å². The van der Waals surface area contributed by atoms with Gasteiger partial charge in [-0.15, -0.1) is 0 Å². The lowest BCUT2D eigenvalue weighted by molar-refractivity contribution is 0.169. The Hall–Kier alpha value is -1.26. The number of hydrogen-bond donors (Lipinski definition) is 2. The minimum Gasteiger partial charge on any atom is -0.486 e. The van der Waals surface area contributed by atoms with Gasteiger partial charge in [0.05, 0.1) is 0 Å². The van der Waals surface area contributed by atoms with Gasteiger partial charge in [-0.3, -0.25) is 0 Å². The summed E-state index contributed by atoms with van der Waals surface area (Å²) in [6.45, 7) is 4.70. The molecule has 1 aromatic carbocycles. The van der Waals surface area contributed by atoms with Crippen molar-refractivity contribution < 1.29 is 9.47 Å². The van der Waals surface area contributed by atoms with Crippen LogP contribution in [0.4, 0.5) is 0 Å². The van der Waals surface area contributed by atoms with Gasteiger partial charge in [-0.1, -0.05) is 12.1 Å². The number of rotatable bonds is 4. The molecular weight excluding hydrogens is 204 g/mol. The summed E-state index contributed by atoms with van der Waals surface area (Å²) in [5.41, 5.74) is 6.68. The minimum absolute atomic E-state index is 0.306. The first-order valence-corrected chi connectivity index (χ1v) is 5.62. The number of ether oxygens (including phenoxy) is 2. The van der Waals surface area contributed by atoms with Crippen LogP contribution in [-0.2, 0) is 6.54 Å². The predicted octanol–water partition coefficient (Wildman–Crippen LogP) is 0.895. The van der Waals surface area contributed by atoms with Gasteiger partial charge >= 0.3 is 0 Å². The molecule has 0 aromatic heterocycles. The fraction of sp³-hybridized carbons (Fsp3) is 0.500. The Balaban J connectivity index is 2.08. The molecule has 0 fully saturated rings. The van der Waals surface area contributed by atoms with E-state index >= 15 is 0 Å². The van der Waals surface area contributed by atoms with Gasteiger partial charge in [-0.05, 0) is 13.0 Å². The van der Waals surface area contributed by atoms with Crippen LogP contribution in [0, 0.1) is 0 Å². The molecule has 16 heavy (non-hydrogen) atoms. The maximum atomic E-state index is 5.62. The van der Waals surface area contributed by atoms with Crippen LogP contribution < -0.4 is 20.5 Å². The van der Waals surface area contributed by atoms with Crippen LogP contribution in [0.2, 0.25) is 0 Å². The molecule has 3 N–H and O–H groups in total. The average Bonchev–Trinajstić information content (AvgIpc) is 2.35. The van der Waals surface area contributed by atoms with E-state index in [0.717, 1.165) is 23.6 Å². The normalized spacial score (nSPS) is 15.9. The zero-order valence-electron chi connectivity index (χ0n) is 9.53. The van der Waals surface area contributed by atoms with Gasteiger partial charge in [0.2, 0.25) is 0 Å². The summed E-state index contributed by atoms with van der Waals surface area (Å²) in [5, 5.41) is 3.34. The number of hydrogen-bond acceptors (Lipinski definition) is 4. The third kappa shape index (κ3) is 2.46. The van der Waals surface area contributed by atoms with E-state index in [-0.39, 0.29) is 0 Å². The molecule has 88 valence electrons. The standard InChI is InChI=1S/C12H18N2O2/c1-9(7-13)14-8-10-3-2-4-11-12(10)16-6-5-15-11/h2-4,9,14H,5-8,13H2,1H3. The Kier molecular flexibility index (Phi) is 3.64. The number of nitrogens with one attached hydrogen (secondary N) is 1. The summed E-state index contributed by atoms with van der Waals surface area (Å²) in [4.78, 5) is 0. The first-order chi connectivity index (χ1) is 7.81. The van der Waals surface area contributed by atoms with Crippen molar-refractivity contribution in [1.82, 2.24) is 5.32 Å². The molecule has 0 saturated heterocycles. The highest BCUT2D eigenvalue weighted by molar-refractivity contribution is 5.47. The van der Waals surface area contributed by atoms with Crippen LogP contribution >= 0.6 is 0 Å². The molecule has 4 heteroatoms. The van der Waals surface area contributed by atoms with Crippen molar-refractivity contribution in [1.29, 1.82) is 0 Å². The van der Waals surface area contributed by atoms with Crippen molar-refractivity contribution in [3.05, 3.63) is 23.8 Å². The molecule has 0 spiro atoms. The molecule has 0 bridgehead atoms. The summed E-state index contributed by atoms with van der Waals surface area (Å²) in [5.74, 6) is 1.71. The Morgan fingerprint density at radius 2 is 2.19 bits per heavy atom. The number of nitrogens with two attached hydrogens (primary N) is 1. The van der Waals surface area contributed by atoms with Crippen molar-refractivity contribution in [2.45, 2.75) is 19.5 Å². The highest BCUT2D eigenvalue weighted by Gasteiger charge is 2.15. The first kappa shape index (κ1) is 11.2. The maximum absolute atomic E-state index is 5.62. The van der Waals surface area contributed by atoms with E-state index < -0.39 is 0 Å².